The first kappa shape index (κ1) is 18.2. The molecule has 0 bridgehead atoms. The molecule has 2 aromatic rings. The molecular weight excluding hydrogens is 526 g/mol. The molecule has 3 rings (SSSR count). The zero-order valence-electron chi connectivity index (χ0n) is 14.0. The molecule has 1 aromatic carbocycles. The highest BCUT2D eigenvalue weighted by Gasteiger charge is 2.30. The van der Waals surface area contributed by atoms with Gasteiger partial charge in [-0.3, -0.25) is 0 Å². The Morgan fingerprint density at radius 1 is 1.21 bits per heavy atom. The minimum Gasteiger partial charge on any atom is -0.423 e. The zero-order valence-corrected chi connectivity index (χ0v) is 18.3. The van der Waals surface area contributed by atoms with Crippen LogP contribution in [0.1, 0.15) is 39.4 Å². The van der Waals surface area contributed by atoms with Crippen LogP contribution >= 0.6 is 45.2 Å². The number of fused-ring (bicyclic) bond motifs is 1. The molecule has 0 saturated heterocycles. The molecule has 0 radical (unpaired) electrons. The van der Waals surface area contributed by atoms with Gasteiger partial charge in [0, 0.05) is 18.4 Å². The molecule has 2 nitrogen and oxygen atoms in total. The Balaban J connectivity index is 2.03. The number of allylic oxidation sites excluding steroid dienone is 3. The third kappa shape index (κ3) is 3.64. The maximum atomic E-state index is 12.3. The average molecular weight is 546 g/mol. The summed E-state index contributed by atoms with van der Waals surface area (Å²) >= 11 is 4.50. The van der Waals surface area contributed by atoms with Crippen molar-refractivity contribution in [3.8, 4) is 0 Å². The van der Waals surface area contributed by atoms with E-state index in [1.165, 1.54) is 12.0 Å². The third-order valence-corrected chi connectivity index (χ3v) is 6.37. The van der Waals surface area contributed by atoms with Gasteiger partial charge in [0.15, 0.2) is 0 Å². The first-order valence-corrected chi connectivity index (χ1v) is 10.2. The van der Waals surface area contributed by atoms with Crippen molar-refractivity contribution >= 4 is 62.0 Å². The van der Waals surface area contributed by atoms with E-state index in [1.54, 1.807) is 0 Å². The van der Waals surface area contributed by atoms with Gasteiger partial charge >= 0.3 is 5.63 Å². The maximum absolute atomic E-state index is 12.3. The van der Waals surface area contributed by atoms with Gasteiger partial charge in [-0.1, -0.05) is 31.6 Å². The summed E-state index contributed by atoms with van der Waals surface area (Å²) in [5.74, 6) is 1.00. The number of hydrogen-bond acceptors (Lipinski definition) is 2. The Kier molecular flexibility index (Phi) is 5.25. The van der Waals surface area contributed by atoms with Crippen molar-refractivity contribution in [2.75, 3.05) is 0 Å². The maximum Gasteiger partial charge on any atom is 0.344 e. The second-order valence-electron chi connectivity index (χ2n) is 7.10. The molecule has 1 heterocycles. The van der Waals surface area contributed by atoms with Gasteiger partial charge in [-0.15, -0.1) is 0 Å². The van der Waals surface area contributed by atoms with Crippen molar-refractivity contribution in [2.45, 2.75) is 33.6 Å². The number of benzene rings is 1. The molecule has 1 atom stereocenters. The first-order chi connectivity index (χ1) is 11.3. The fourth-order valence-corrected chi connectivity index (χ4v) is 5.49. The van der Waals surface area contributed by atoms with Crippen molar-refractivity contribution < 1.29 is 4.42 Å². The van der Waals surface area contributed by atoms with Gasteiger partial charge in [0.1, 0.15) is 5.76 Å². The van der Waals surface area contributed by atoms with E-state index >= 15 is 0 Å². The molecule has 1 aliphatic rings. The van der Waals surface area contributed by atoms with Crippen LogP contribution in [0.15, 0.2) is 45.1 Å². The van der Waals surface area contributed by atoms with E-state index < -0.39 is 0 Å². The first-order valence-electron chi connectivity index (χ1n) is 8.06. The molecule has 4 heteroatoms. The molecular formula is C20H20I2O2. The number of halogens is 2. The van der Waals surface area contributed by atoms with Crippen LogP contribution in [0.4, 0.5) is 0 Å². The third-order valence-electron chi connectivity index (χ3n) is 4.85. The highest BCUT2D eigenvalue weighted by atomic mass is 127. The van der Waals surface area contributed by atoms with E-state index in [9.17, 15) is 4.79 Å². The lowest BCUT2D eigenvalue weighted by Crippen LogP contribution is -2.26. The van der Waals surface area contributed by atoms with Gasteiger partial charge in [-0.2, -0.15) is 0 Å². The largest absolute Gasteiger partial charge is 0.423 e. The molecule has 0 spiro atoms. The van der Waals surface area contributed by atoms with E-state index in [1.807, 2.05) is 18.2 Å². The van der Waals surface area contributed by atoms with Crippen LogP contribution in [-0.2, 0) is 0 Å². The molecule has 1 unspecified atom stereocenters. The summed E-state index contributed by atoms with van der Waals surface area (Å²) < 4.78 is 7.65. The molecule has 126 valence electrons. The van der Waals surface area contributed by atoms with Crippen molar-refractivity contribution in [2.24, 2.45) is 11.3 Å². The topological polar surface area (TPSA) is 30.2 Å². The van der Waals surface area contributed by atoms with E-state index in [0.717, 1.165) is 18.9 Å². The van der Waals surface area contributed by atoms with Gasteiger partial charge in [0.25, 0.3) is 0 Å². The Morgan fingerprint density at radius 3 is 2.67 bits per heavy atom. The van der Waals surface area contributed by atoms with Crippen molar-refractivity contribution in [3.05, 3.63) is 59.2 Å². The molecule has 0 aliphatic heterocycles. The number of hydrogen-bond donors (Lipinski definition) is 0. The molecule has 1 aromatic heterocycles. The van der Waals surface area contributed by atoms with Crippen LogP contribution in [0.3, 0.4) is 0 Å². The monoisotopic (exact) mass is 546 g/mol. The van der Waals surface area contributed by atoms with Crippen LogP contribution in [0.25, 0.3) is 16.8 Å². The molecule has 0 N–H and O–H groups in total. The Labute approximate surface area is 169 Å². The predicted octanol–water partition coefficient (Wildman–Crippen LogP) is 6.40. The van der Waals surface area contributed by atoms with Crippen molar-refractivity contribution in [1.29, 1.82) is 0 Å². The van der Waals surface area contributed by atoms with Crippen LogP contribution in [0.5, 0.6) is 0 Å². The van der Waals surface area contributed by atoms with Crippen LogP contribution < -0.4 is 5.63 Å². The normalized spacial score (nSPS) is 20.5. The minimum atomic E-state index is -0.265. The number of rotatable bonds is 2. The Hall–Kier alpha value is -0.630. The summed E-state index contributed by atoms with van der Waals surface area (Å²) in [5, 5.41) is 1.61. The smallest absolute Gasteiger partial charge is 0.344 e. The zero-order chi connectivity index (χ0) is 17.5. The molecule has 0 saturated carbocycles. The van der Waals surface area contributed by atoms with E-state index in [2.05, 4.69) is 84.2 Å². The summed E-state index contributed by atoms with van der Waals surface area (Å²) in [6, 6.07) is 5.93. The van der Waals surface area contributed by atoms with Crippen LogP contribution in [0.2, 0.25) is 0 Å². The van der Waals surface area contributed by atoms with E-state index in [0.29, 0.717) is 17.1 Å². The minimum absolute atomic E-state index is 0.233. The standard InChI is InChI=1S/C20H20I2O2/c1-12-5-4-8-20(2,3)17(12)7-6-14-11-15-16(19(23)24-14)9-13(21)10-18(15)22/h5-7,9-11,17H,4,8H2,1-3H3/b7-6+. The summed E-state index contributed by atoms with van der Waals surface area (Å²) in [7, 11) is 0. The molecule has 0 amide bonds. The fourth-order valence-electron chi connectivity index (χ4n) is 3.49. The van der Waals surface area contributed by atoms with Gasteiger partial charge < -0.3 is 4.42 Å². The highest BCUT2D eigenvalue weighted by molar-refractivity contribution is 14.1. The summed E-state index contributed by atoms with van der Waals surface area (Å²) in [6.07, 6.45) is 8.79. The van der Waals surface area contributed by atoms with Gasteiger partial charge in [0.05, 0.1) is 5.39 Å². The SMILES string of the molecule is CC1=CCCC(C)(C)C1/C=C/c1cc2c(I)cc(I)cc2c(=O)o1. The predicted molar refractivity (Wildman–Crippen MR) is 117 cm³/mol. The van der Waals surface area contributed by atoms with E-state index in [4.69, 9.17) is 4.42 Å². The second kappa shape index (κ2) is 6.94. The molecule has 1 aliphatic carbocycles. The highest BCUT2D eigenvalue weighted by Crippen LogP contribution is 2.41. The lowest BCUT2D eigenvalue weighted by molar-refractivity contribution is 0.256. The fraction of sp³-hybridized carbons (Fsp3) is 0.350. The van der Waals surface area contributed by atoms with Crippen LogP contribution in [-0.4, -0.2) is 0 Å². The van der Waals surface area contributed by atoms with E-state index in [-0.39, 0.29) is 11.0 Å². The lowest BCUT2D eigenvalue weighted by Gasteiger charge is -2.36. The van der Waals surface area contributed by atoms with Crippen molar-refractivity contribution in [1.82, 2.24) is 0 Å². The summed E-state index contributed by atoms with van der Waals surface area (Å²) in [5.41, 5.74) is 1.37. The van der Waals surface area contributed by atoms with Gasteiger partial charge in [-0.25, -0.2) is 4.79 Å². The Morgan fingerprint density at radius 2 is 1.96 bits per heavy atom. The quantitative estimate of drug-likeness (QED) is 0.323. The summed E-state index contributed by atoms with van der Waals surface area (Å²) in [6.45, 7) is 6.80. The second-order valence-corrected chi connectivity index (χ2v) is 9.51. The van der Waals surface area contributed by atoms with Crippen molar-refractivity contribution in [3.63, 3.8) is 0 Å². The molecule has 24 heavy (non-hydrogen) atoms. The summed E-state index contributed by atoms with van der Waals surface area (Å²) in [4.78, 5) is 12.3. The van der Waals surface area contributed by atoms with Gasteiger partial charge in [-0.05, 0) is 94.6 Å². The Bertz CT molecular complexity index is 904. The average Bonchev–Trinajstić information content (AvgIpc) is 2.47. The van der Waals surface area contributed by atoms with Crippen LogP contribution in [0, 0.1) is 18.5 Å². The lowest BCUT2D eigenvalue weighted by atomic mass is 9.68. The van der Waals surface area contributed by atoms with Gasteiger partial charge in [0.2, 0.25) is 0 Å². The molecule has 0 fully saturated rings.